The normalized spacial score (nSPS) is 11.7. The maximum Gasteiger partial charge on any atom is 0.265 e. The number of para-hydroxylation sites is 2. The van der Waals surface area contributed by atoms with Gasteiger partial charge in [0.05, 0.1) is 24.4 Å². The predicted molar refractivity (Wildman–Crippen MR) is 143 cm³/mol. The van der Waals surface area contributed by atoms with Crippen molar-refractivity contribution in [1.82, 2.24) is 29.2 Å². The number of hydrogen-bond acceptors (Lipinski definition) is 7. The summed E-state index contributed by atoms with van der Waals surface area (Å²) in [6, 6.07) is 19.1. The standard InChI is InChI=1S/C28H23N7O2/c1-18-31-26-24(28(36)34(18)16-13-19-7-9-21(37-2)10-8-19)25-27(33-23-6-4-3-5-22(23)32-25)35(26)30-17-20-11-14-29-15-12-20/h3-12,14-15,17H,13,16H2,1-2H3. The highest BCUT2D eigenvalue weighted by molar-refractivity contribution is 6.05. The van der Waals surface area contributed by atoms with E-state index in [1.54, 1.807) is 35.0 Å². The first kappa shape index (κ1) is 22.5. The Morgan fingerprint density at radius 3 is 2.38 bits per heavy atom. The van der Waals surface area contributed by atoms with Crippen LogP contribution >= 0.6 is 0 Å². The fourth-order valence-corrected chi connectivity index (χ4v) is 4.39. The van der Waals surface area contributed by atoms with E-state index in [-0.39, 0.29) is 5.56 Å². The zero-order chi connectivity index (χ0) is 25.4. The zero-order valence-corrected chi connectivity index (χ0v) is 20.4. The van der Waals surface area contributed by atoms with Crippen LogP contribution in [0.4, 0.5) is 0 Å². The van der Waals surface area contributed by atoms with Crippen LogP contribution in [0.5, 0.6) is 5.75 Å². The summed E-state index contributed by atoms with van der Waals surface area (Å²) < 4.78 is 8.54. The quantitative estimate of drug-likeness (QED) is 0.326. The molecule has 0 aliphatic heterocycles. The summed E-state index contributed by atoms with van der Waals surface area (Å²) in [5.41, 5.74) is 4.62. The van der Waals surface area contributed by atoms with Gasteiger partial charge in [-0.2, -0.15) is 9.78 Å². The van der Waals surface area contributed by atoms with Crippen LogP contribution in [0.2, 0.25) is 0 Å². The molecule has 6 aromatic rings. The van der Waals surface area contributed by atoms with E-state index in [1.807, 2.05) is 67.6 Å². The van der Waals surface area contributed by atoms with Gasteiger partial charge in [0.15, 0.2) is 11.3 Å². The molecular weight excluding hydrogens is 466 g/mol. The van der Waals surface area contributed by atoms with Crippen LogP contribution < -0.4 is 10.3 Å². The van der Waals surface area contributed by atoms with Gasteiger partial charge >= 0.3 is 0 Å². The zero-order valence-electron chi connectivity index (χ0n) is 20.4. The molecule has 0 aliphatic carbocycles. The van der Waals surface area contributed by atoms with Crippen LogP contribution in [-0.2, 0) is 13.0 Å². The molecule has 182 valence electrons. The van der Waals surface area contributed by atoms with Gasteiger partial charge in [0.2, 0.25) is 0 Å². The third kappa shape index (κ3) is 4.10. The van der Waals surface area contributed by atoms with E-state index in [1.165, 1.54) is 0 Å². The van der Waals surface area contributed by atoms with Gasteiger partial charge in [-0.15, -0.1) is 0 Å². The second-order valence-corrected chi connectivity index (χ2v) is 8.63. The van der Waals surface area contributed by atoms with Crippen molar-refractivity contribution >= 4 is 39.4 Å². The van der Waals surface area contributed by atoms with Gasteiger partial charge in [0.1, 0.15) is 22.5 Å². The number of hydrogen-bond donors (Lipinski definition) is 0. The van der Waals surface area contributed by atoms with Gasteiger partial charge in [-0.1, -0.05) is 24.3 Å². The fourth-order valence-electron chi connectivity index (χ4n) is 4.39. The van der Waals surface area contributed by atoms with Gasteiger partial charge in [-0.05, 0) is 60.9 Å². The Kier molecular flexibility index (Phi) is 5.65. The van der Waals surface area contributed by atoms with E-state index in [4.69, 9.17) is 19.7 Å². The first-order valence-electron chi connectivity index (χ1n) is 11.9. The smallest absolute Gasteiger partial charge is 0.265 e. The summed E-state index contributed by atoms with van der Waals surface area (Å²) >= 11 is 0. The number of pyridine rings is 1. The third-order valence-electron chi connectivity index (χ3n) is 6.34. The highest BCUT2D eigenvalue weighted by Crippen LogP contribution is 2.25. The van der Waals surface area contributed by atoms with Crippen molar-refractivity contribution in [2.75, 3.05) is 7.11 Å². The van der Waals surface area contributed by atoms with Crippen LogP contribution in [0.15, 0.2) is 83.0 Å². The average molecular weight is 490 g/mol. The number of fused-ring (bicyclic) bond motifs is 4. The third-order valence-corrected chi connectivity index (χ3v) is 6.34. The molecule has 0 amide bonds. The Morgan fingerprint density at radius 2 is 1.65 bits per heavy atom. The predicted octanol–water partition coefficient (Wildman–Crippen LogP) is 4.13. The number of nitrogens with zero attached hydrogens (tertiary/aromatic N) is 7. The molecule has 9 nitrogen and oxygen atoms in total. The molecular formula is C28H23N7O2. The molecule has 4 aromatic heterocycles. The lowest BCUT2D eigenvalue weighted by Gasteiger charge is -2.10. The molecule has 0 saturated heterocycles. The lowest BCUT2D eigenvalue weighted by atomic mass is 10.1. The first-order chi connectivity index (χ1) is 18.1. The number of benzene rings is 2. The number of aryl methyl sites for hydroxylation is 2. The van der Waals surface area contributed by atoms with E-state index in [9.17, 15) is 4.79 Å². The van der Waals surface area contributed by atoms with E-state index >= 15 is 0 Å². The number of aromatic nitrogens is 6. The molecule has 4 heterocycles. The highest BCUT2D eigenvalue weighted by atomic mass is 16.5. The Labute approximate surface area is 211 Å². The molecule has 6 rings (SSSR count). The topological polar surface area (TPSA) is 100 Å². The molecule has 0 fully saturated rings. The Bertz CT molecular complexity index is 1840. The summed E-state index contributed by atoms with van der Waals surface area (Å²) in [7, 11) is 1.64. The highest BCUT2D eigenvalue weighted by Gasteiger charge is 2.21. The van der Waals surface area contributed by atoms with E-state index in [0.717, 1.165) is 22.4 Å². The maximum absolute atomic E-state index is 13.9. The van der Waals surface area contributed by atoms with E-state index in [2.05, 4.69) is 10.1 Å². The molecule has 0 unspecified atom stereocenters. The minimum Gasteiger partial charge on any atom is -0.497 e. The molecule has 0 spiro atoms. The van der Waals surface area contributed by atoms with Crippen LogP contribution in [0.25, 0.3) is 33.2 Å². The molecule has 9 heteroatoms. The monoisotopic (exact) mass is 489 g/mol. The molecule has 0 radical (unpaired) electrons. The van der Waals surface area contributed by atoms with Crippen molar-refractivity contribution in [1.29, 1.82) is 0 Å². The molecule has 2 aromatic carbocycles. The minimum absolute atomic E-state index is 0.163. The van der Waals surface area contributed by atoms with E-state index in [0.29, 0.717) is 46.5 Å². The van der Waals surface area contributed by atoms with Crippen molar-refractivity contribution in [2.24, 2.45) is 5.10 Å². The molecule has 37 heavy (non-hydrogen) atoms. The lowest BCUT2D eigenvalue weighted by molar-refractivity contribution is 0.414. The van der Waals surface area contributed by atoms with E-state index < -0.39 is 0 Å². The van der Waals surface area contributed by atoms with Crippen LogP contribution in [0.3, 0.4) is 0 Å². The molecule has 0 atom stereocenters. The van der Waals surface area contributed by atoms with Crippen molar-refractivity contribution in [3.8, 4) is 5.75 Å². The molecule has 0 saturated carbocycles. The summed E-state index contributed by atoms with van der Waals surface area (Å²) in [5, 5.41) is 5.06. The minimum atomic E-state index is -0.163. The summed E-state index contributed by atoms with van der Waals surface area (Å²) in [6.07, 6.45) is 5.77. The Hall–Kier alpha value is -4.92. The molecule has 0 aliphatic rings. The first-order valence-corrected chi connectivity index (χ1v) is 11.9. The average Bonchev–Trinajstić information content (AvgIpc) is 3.23. The van der Waals surface area contributed by atoms with Gasteiger partial charge in [-0.3, -0.25) is 14.3 Å². The van der Waals surface area contributed by atoms with Crippen LogP contribution in [0, 0.1) is 6.92 Å². The lowest BCUT2D eigenvalue weighted by Crippen LogP contribution is -2.25. The summed E-state index contributed by atoms with van der Waals surface area (Å²) in [6.45, 7) is 2.31. The van der Waals surface area contributed by atoms with Gasteiger partial charge in [0, 0.05) is 18.9 Å². The Morgan fingerprint density at radius 1 is 0.919 bits per heavy atom. The molecule has 0 N–H and O–H groups in total. The maximum atomic E-state index is 13.9. The van der Waals surface area contributed by atoms with Crippen molar-refractivity contribution in [3.63, 3.8) is 0 Å². The van der Waals surface area contributed by atoms with Crippen molar-refractivity contribution in [3.05, 3.63) is 100 Å². The van der Waals surface area contributed by atoms with Crippen molar-refractivity contribution in [2.45, 2.75) is 19.9 Å². The largest absolute Gasteiger partial charge is 0.497 e. The summed E-state index contributed by atoms with van der Waals surface area (Å²) in [4.78, 5) is 32.4. The van der Waals surface area contributed by atoms with Crippen LogP contribution in [-0.4, -0.2) is 42.5 Å². The van der Waals surface area contributed by atoms with Gasteiger partial charge in [-0.25, -0.2) is 15.0 Å². The Balaban J connectivity index is 1.52. The second kappa shape index (κ2) is 9.27. The van der Waals surface area contributed by atoms with Crippen LogP contribution in [0.1, 0.15) is 17.0 Å². The molecule has 0 bridgehead atoms. The number of ether oxygens (including phenoxy) is 1. The summed E-state index contributed by atoms with van der Waals surface area (Å²) in [5.74, 6) is 1.39. The number of rotatable bonds is 6. The van der Waals surface area contributed by atoms with Gasteiger partial charge in [0.25, 0.3) is 5.56 Å². The second-order valence-electron chi connectivity index (χ2n) is 8.63. The van der Waals surface area contributed by atoms with Crippen molar-refractivity contribution < 1.29 is 4.74 Å². The SMILES string of the molecule is COc1ccc(CCn2c(C)nc3c(c2=O)c2nc4ccccc4nc2n3N=Cc2ccncc2)cc1. The number of methoxy groups -OCH3 is 1. The van der Waals surface area contributed by atoms with Gasteiger partial charge < -0.3 is 4.74 Å². The fraction of sp³-hybridized carbons (Fsp3) is 0.143.